The fraction of sp³-hybridized carbons (Fsp3) is 0.750. The Hall–Kier alpha value is -1.57. The number of halogens is 3. The monoisotopic (exact) mass is 342 g/mol. The van der Waals surface area contributed by atoms with Gasteiger partial charge in [-0.05, 0) is 44.6 Å². The van der Waals surface area contributed by atoms with Gasteiger partial charge < -0.3 is 15.6 Å². The van der Waals surface area contributed by atoms with Crippen LogP contribution in [0.4, 0.5) is 13.2 Å². The van der Waals surface area contributed by atoms with Gasteiger partial charge in [0.1, 0.15) is 5.82 Å². The van der Waals surface area contributed by atoms with Crippen molar-refractivity contribution in [1.29, 1.82) is 0 Å². The third-order valence-electron chi connectivity index (χ3n) is 5.95. The van der Waals surface area contributed by atoms with Gasteiger partial charge >= 0.3 is 6.18 Å². The molecule has 132 valence electrons. The van der Waals surface area contributed by atoms with E-state index in [0.717, 1.165) is 38.4 Å². The molecule has 3 heterocycles. The van der Waals surface area contributed by atoms with Crippen LogP contribution in [0.5, 0.6) is 0 Å². The second kappa shape index (κ2) is 5.21. The van der Waals surface area contributed by atoms with Crippen molar-refractivity contribution in [2.45, 2.75) is 56.3 Å². The Balaban J connectivity index is 1.57. The number of fused-ring (bicyclic) bond motifs is 1. The number of nitrogens with zero attached hydrogens (tertiary/aromatic N) is 2. The molecule has 2 aliphatic heterocycles. The van der Waals surface area contributed by atoms with Crippen molar-refractivity contribution in [3.8, 4) is 0 Å². The second-order valence-corrected chi connectivity index (χ2v) is 7.41. The molecule has 5 nitrogen and oxygen atoms in total. The number of aryl methyl sites for hydroxylation is 1. The third-order valence-corrected chi connectivity index (χ3v) is 5.95. The van der Waals surface area contributed by atoms with Crippen LogP contribution in [0.25, 0.3) is 0 Å². The summed E-state index contributed by atoms with van der Waals surface area (Å²) in [5.74, 6) is 0.408. The molecule has 2 fully saturated rings. The highest BCUT2D eigenvalue weighted by Gasteiger charge is 2.60. The average molecular weight is 342 g/mol. The first-order valence-electron chi connectivity index (χ1n) is 8.49. The first-order chi connectivity index (χ1) is 11.3. The minimum Gasteiger partial charge on any atom is -0.369 e. The summed E-state index contributed by atoms with van der Waals surface area (Å²) in [5, 5.41) is 3.50. The van der Waals surface area contributed by atoms with E-state index in [2.05, 4.69) is 10.3 Å². The fourth-order valence-corrected chi connectivity index (χ4v) is 4.68. The summed E-state index contributed by atoms with van der Waals surface area (Å²) in [4.78, 5) is 15.4. The molecule has 0 aromatic carbocycles. The quantitative estimate of drug-likeness (QED) is 0.864. The standard InChI is InChI=1S/C16H21F3N4O/c17-16(18,19)12-8-23-5-1-2-10(14(23)22-12)11-7-15(11)6-9(13(20)24)3-4-21-15/h8-11,21H,1-7H2,(H2,20,24)/t9?,10-,11?,15?/m1/s1. The lowest BCUT2D eigenvalue weighted by Crippen LogP contribution is -2.46. The zero-order chi connectivity index (χ0) is 17.1. The van der Waals surface area contributed by atoms with E-state index < -0.39 is 11.9 Å². The number of hydrogen-bond acceptors (Lipinski definition) is 3. The summed E-state index contributed by atoms with van der Waals surface area (Å²) in [7, 11) is 0. The topological polar surface area (TPSA) is 72.9 Å². The Bertz CT molecular complexity index is 671. The Morgan fingerprint density at radius 2 is 2.17 bits per heavy atom. The molecule has 0 radical (unpaired) electrons. The number of hydrogen-bond donors (Lipinski definition) is 2. The van der Waals surface area contributed by atoms with Crippen LogP contribution < -0.4 is 11.1 Å². The van der Waals surface area contributed by atoms with Crippen LogP contribution in [0.1, 0.15) is 49.5 Å². The molecular formula is C16H21F3N4O. The van der Waals surface area contributed by atoms with Crippen LogP contribution in [0.3, 0.4) is 0 Å². The molecule has 24 heavy (non-hydrogen) atoms. The van der Waals surface area contributed by atoms with Gasteiger partial charge in [-0.3, -0.25) is 4.79 Å². The molecule has 4 rings (SSSR count). The lowest BCUT2D eigenvalue weighted by molar-refractivity contribution is -0.141. The van der Waals surface area contributed by atoms with Crippen molar-refractivity contribution >= 4 is 5.91 Å². The number of rotatable bonds is 2. The van der Waals surface area contributed by atoms with Crippen molar-refractivity contribution in [1.82, 2.24) is 14.9 Å². The number of nitrogens with two attached hydrogens (primary N) is 1. The maximum atomic E-state index is 13.0. The number of amides is 1. The predicted molar refractivity (Wildman–Crippen MR) is 80.0 cm³/mol. The van der Waals surface area contributed by atoms with Gasteiger partial charge in [-0.2, -0.15) is 13.2 Å². The Kier molecular flexibility index (Phi) is 3.46. The van der Waals surface area contributed by atoms with Gasteiger partial charge in [0.15, 0.2) is 5.69 Å². The van der Waals surface area contributed by atoms with E-state index in [1.807, 2.05) is 0 Å². The molecule has 3 N–H and O–H groups in total. The first kappa shape index (κ1) is 15.9. The van der Waals surface area contributed by atoms with Crippen molar-refractivity contribution in [3.05, 3.63) is 17.7 Å². The smallest absolute Gasteiger partial charge is 0.369 e. The molecule has 0 bridgehead atoms. The second-order valence-electron chi connectivity index (χ2n) is 7.41. The minimum absolute atomic E-state index is 0.0222. The molecule has 4 atom stereocenters. The maximum absolute atomic E-state index is 13.0. The molecule has 1 aromatic rings. The number of alkyl halides is 3. The van der Waals surface area contributed by atoms with E-state index in [-0.39, 0.29) is 29.2 Å². The van der Waals surface area contributed by atoms with Gasteiger partial charge in [-0.15, -0.1) is 0 Å². The van der Waals surface area contributed by atoms with E-state index in [1.54, 1.807) is 4.57 Å². The summed E-state index contributed by atoms with van der Waals surface area (Å²) in [6.45, 7) is 1.32. The Labute approximate surface area is 137 Å². The highest BCUT2D eigenvalue weighted by atomic mass is 19.4. The molecular weight excluding hydrogens is 321 g/mol. The Morgan fingerprint density at radius 3 is 2.88 bits per heavy atom. The minimum atomic E-state index is -4.41. The molecule has 1 aliphatic carbocycles. The number of carbonyl (C=O) groups excluding carboxylic acids is 1. The average Bonchev–Trinajstić information content (AvgIpc) is 3.00. The van der Waals surface area contributed by atoms with E-state index in [1.165, 1.54) is 0 Å². The number of carbonyl (C=O) groups is 1. The highest BCUT2D eigenvalue weighted by molar-refractivity contribution is 5.77. The molecule has 1 spiro atoms. The SMILES string of the molecule is NC(=O)C1CCNC2(C1)CC2[C@H]1CCCn2cc(C(F)(F)F)nc21. The Morgan fingerprint density at radius 1 is 1.38 bits per heavy atom. The van der Waals surface area contributed by atoms with Crippen LogP contribution in [0, 0.1) is 11.8 Å². The molecule has 1 aromatic heterocycles. The summed E-state index contributed by atoms with van der Waals surface area (Å²) in [6, 6.07) is 0. The number of piperidine rings is 1. The lowest BCUT2D eigenvalue weighted by Gasteiger charge is -2.32. The number of aromatic nitrogens is 2. The van der Waals surface area contributed by atoms with Gasteiger partial charge in [0, 0.05) is 30.1 Å². The van der Waals surface area contributed by atoms with Crippen LogP contribution in [0.15, 0.2) is 6.20 Å². The van der Waals surface area contributed by atoms with Crippen LogP contribution in [-0.2, 0) is 17.5 Å². The van der Waals surface area contributed by atoms with Gasteiger partial charge in [-0.1, -0.05) is 0 Å². The van der Waals surface area contributed by atoms with Crippen molar-refractivity contribution in [2.75, 3.05) is 6.54 Å². The van der Waals surface area contributed by atoms with Gasteiger partial charge in [0.05, 0.1) is 0 Å². The summed E-state index contributed by atoms with van der Waals surface area (Å²) >= 11 is 0. The molecule has 1 saturated carbocycles. The number of imidazole rings is 1. The van der Waals surface area contributed by atoms with Gasteiger partial charge in [0.25, 0.3) is 0 Å². The third kappa shape index (κ3) is 2.51. The van der Waals surface area contributed by atoms with Gasteiger partial charge in [-0.25, -0.2) is 4.98 Å². The first-order valence-corrected chi connectivity index (χ1v) is 8.49. The fourth-order valence-electron chi connectivity index (χ4n) is 4.68. The highest BCUT2D eigenvalue weighted by Crippen LogP contribution is 2.58. The van der Waals surface area contributed by atoms with E-state index in [4.69, 9.17) is 5.73 Å². The van der Waals surface area contributed by atoms with Crippen molar-refractivity contribution < 1.29 is 18.0 Å². The van der Waals surface area contributed by atoms with Crippen LogP contribution >= 0.6 is 0 Å². The lowest BCUT2D eigenvalue weighted by atomic mass is 9.84. The normalized spacial score (nSPS) is 35.7. The van der Waals surface area contributed by atoms with Crippen molar-refractivity contribution in [2.24, 2.45) is 17.6 Å². The molecule has 1 saturated heterocycles. The largest absolute Gasteiger partial charge is 0.434 e. The number of primary amides is 1. The summed E-state index contributed by atoms with van der Waals surface area (Å²) < 4.78 is 40.6. The van der Waals surface area contributed by atoms with E-state index in [9.17, 15) is 18.0 Å². The number of nitrogens with one attached hydrogen (secondary N) is 1. The summed E-state index contributed by atoms with van der Waals surface area (Å²) in [6.07, 6.45) is 0.751. The van der Waals surface area contributed by atoms with Crippen LogP contribution in [-0.4, -0.2) is 27.5 Å². The predicted octanol–water partition coefficient (Wildman–Crippen LogP) is 2.02. The molecule has 3 unspecified atom stereocenters. The molecule has 1 amide bonds. The van der Waals surface area contributed by atoms with Crippen LogP contribution in [0.2, 0.25) is 0 Å². The van der Waals surface area contributed by atoms with E-state index >= 15 is 0 Å². The zero-order valence-corrected chi connectivity index (χ0v) is 13.3. The maximum Gasteiger partial charge on any atom is 0.434 e. The molecule has 8 heteroatoms. The summed E-state index contributed by atoms with van der Waals surface area (Å²) in [5.41, 5.74) is 4.52. The van der Waals surface area contributed by atoms with Crippen molar-refractivity contribution in [3.63, 3.8) is 0 Å². The zero-order valence-electron chi connectivity index (χ0n) is 13.3. The van der Waals surface area contributed by atoms with Gasteiger partial charge in [0.2, 0.25) is 5.91 Å². The van der Waals surface area contributed by atoms with E-state index in [0.29, 0.717) is 18.8 Å². The molecule has 3 aliphatic rings.